The lowest BCUT2D eigenvalue weighted by Crippen LogP contribution is -2.57. The monoisotopic (exact) mass is 217 g/mol. The Balaban J connectivity index is 1.48. The number of nitrogens with one attached hydrogen (secondary N) is 1. The zero-order chi connectivity index (χ0) is 11.0. The maximum atomic E-state index is 11.7. The summed E-state index contributed by atoms with van der Waals surface area (Å²) in [6.07, 6.45) is 5.73. The van der Waals surface area contributed by atoms with Crippen molar-refractivity contribution < 1.29 is 4.79 Å². The number of nitrogens with zero attached hydrogens (tertiary/aromatic N) is 2. The van der Waals surface area contributed by atoms with E-state index in [1.165, 1.54) is 0 Å². The molecule has 0 bridgehead atoms. The fourth-order valence-electron chi connectivity index (χ4n) is 2.02. The number of hydrogen-bond donors (Lipinski definition) is 1. The zero-order valence-electron chi connectivity index (χ0n) is 9.10. The minimum absolute atomic E-state index is 0.349. The average molecular weight is 217 g/mol. The van der Waals surface area contributed by atoms with E-state index in [1.54, 1.807) is 12.4 Å². The van der Waals surface area contributed by atoms with Crippen LogP contribution in [0.2, 0.25) is 0 Å². The zero-order valence-corrected chi connectivity index (χ0v) is 9.10. The van der Waals surface area contributed by atoms with E-state index in [0.29, 0.717) is 17.9 Å². The number of anilines is 1. The van der Waals surface area contributed by atoms with Crippen molar-refractivity contribution in [3.05, 3.63) is 24.5 Å². The quantitative estimate of drug-likeness (QED) is 0.825. The molecule has 1 amide bonds. The molecular weight excluding hydrogens is 202 g/mol. The third-order valence-electron chi connectivity index (χ3n) is 3.17. The number of carbonyl (C=O) groups excluding carboxylic acids is 1. The summed E-state index contributed by atoms with van der Waals surface area (Å²) in [4.78, 5) is 17.6. The van der Waals surface area contributed by atoms with Crippen LogP contribution in [0.15, 0.2) is 24.5 Å². The van der Waals surface area contributed by atoms with Crippen molar-refractivity contribution in [3.63, 3.8) is 0 Å². The Hall–Kier alpha value is -1.58. The number of hydrogen-bond acceptors (Lipinski definition) is 3. The molecular formula is C12H15N3O. The van der Waals surface area contributed by atoms with Gasteiger partial charge in [-0.25, -0.2) is 0 Å². The first-order chi connectivity index (χ1) is 7.83. The highest BCUT2D eigenvalue weighted by Crippen LogP contribution is 2.32. The normalized spacial score (nSPS) is 20.4. The van der Waals surface area contributed by atoms with Crippen molar-refractivity contribution in [2.75, 3.05) is 18.4 Å². The molecule has 0 aromatic carbocycles. The summed E-state index contributed by atoms with van der Waals surface area (Å²) >= 11 is 0. The molecule has 2 fully saturated rings. The molecule has 1 aromatic rings. The lowest BCUT2D eigenvalue weighted by atomic mass is 10.1. The molecule has 1 aliphatic carbocycles. The standard InChI is InChI=1S/C12H15N3O/c16-12(9-1-2-9)15-7-11(8-15)14-10-3-5-13-6-4-10/h3-6,9,11H,1-2,7-8H2,(H,13,14). The topological polar surface area (TPSA) is 45.2 Å². The number of likely N-dealkylation sites (tertiary alicyclic amines) is 1. The molecule has 0 unspecified atom stereocenters. The van der Waals surface area contributed by atoms with Gasteiger partial charge in [-0.2, -0.15) is 0 Å². The van der Waals surface area contributed by atoms with E-state index in [2.05, 4.69) is 10.3 Å². The van der Waals surface area contributed by atoms with Crippen LogP contribution in [0, 0.1) is 5.92 Å². The molecule has 2 heterocycles. The highest BCUT2D eigenvalue weighted by atomic mass is 16.2. The van der Waals surface area contributed by atoms with Gasteiger partial charge in [0.2, 0.25) is 5.91 Å². The van der Waals surface area contributed by atoms with E-state index in [-0.39, 0.29) is 0 Å². The molecule has 4 nitrogen and oxygen atoms in total. The van der Waals surface area contributed by atoms with Crippen molar-refractivity contribution in [2.45, 2.75) is 18.9 Å². The molecule has 1 saturated carbocycles. The van der Waals surface area contributed by atoms with Crippen LogP contribution >= 0.6 is 0 Å². The molecule has 1 saturated heterocycles. The van der Waals surface area contributed by atoms with Crippen molar-refractivity contribution in [1.29, 1.82) is 0 Å². The first-order valence-electron chi connectivity index (χ1n) is 5.78. The van der Waals surface area contributed by atoms with Crippen molar-refractivity contribution >= 4 is 11.6 Å². The highest BCUT2D eigenvalue weighted by molar-refractivity contribution is 5.82. The maximum absolute atomic E-state index is 11.7. The van der Waals surface area contributed by atoms with Gasteiger partial charge in [-0.05, 0) is 25.0 Å². The van der Waals surface area contributed by atoms with Crippen LogP contribution < -0.4 is 5.32 Å². The van der Waals surface area contributed by atoms with Crippen LogP contribution in [0.3, 0.4) is 0 Å². The largest absolute Gasteiger partial charge is 0.379 e. The second-order valence-corrected chi connectivity index (χ2v) is 4.59. The minimum atomic E-state index is 0.349. The molecule has 16 heavy (non-hydrogen) atoms. The predicted molar refractivity (Wildman–Crippen MR) is 61.0 cm³/mol. The molecule has 84 valence electrons. The van der Waals surface area contributed by atoms with Gasteiger partial charge in [-0.15, -0.1) is 0 Å². The summed E-state index contributed by atoms with van der Waals surface area (Å²) < 4.78 is 0. The van der Waals surface area contributed by atoms with E-state index >= 15 is 0 Å². The molecule has 4 heteroatoms. The Morgan fingerprint density at radius 2 is 2.00 bits per heavy atom. The van der Waals surface area contributed by atoms with Gasteiger partial charge in [0.25, 0.3) is 0 Å². The van der Waals surface area contributed by atoms with Gasteiger partial charge in [-0.1, -0.05) is 0 Å². The van der Waals surface area contributed by atoms with Gasteiger partial charge in [-0.3, -0.25) is 9.78 Å². The molecule has 1 aliphatic heterocycles. The van der Waals surface area contributed by atoms with E-state index in [1.807, 2.05) is 17.0 Å². The summed E-state index contributed by atoms with van der Waals surface area (Å²) in [5.74, 6) is 0.703. The minimum Gasteiger partial charge on any atom is -0.379 e. The summed E-state index contributed by atoms with van der Waals surface area (Å²) in [5.41, 5.74) is 1.08. The Morgan fingerprint density at radius 1 is 1.31 bits per heavy atom. The van der Waals surface area contributed by atoms with Gasteiger partial charge >= 0.3 is 0 Å². The Morgan fingerprint density at radius 3 is 2.62 bits per heavy atom. The highest BCUT2D eigenvalue weighted by Gasteiger charge is 2.38. The van der Waals surface area contributed by atoms with E-state index in [9.17, 15) is 4.79 Å². The molecule has 3 rings (SSSR count). The van der Waals surface area contributed by atoms with Gasteiger partial charge in [0, 0.05) is 37.1 Å². The van der Waals surface area contributed by atoms with Crippen LogP contribution in [-0.4, -0.2) is 34.9 Å². The molecule has 0 atom stereocenters. The molecule has 1 N–H and O–H groups in total. The number of aromatic nitrogens is 1. The average Bonchev–Trinajstić information content (AvgIpc) is 3.07. The van der Waals surface area contributed by atoms with Gasteiger partial charge in [0.15, 0.2) is 0 Å². The number of carbonyl (C=O) groups is 1. The van der Waals surface area contributed by atoms with Gasteiger partial charge < -0.3 is 10.2 Å². The van der Waals surface area contributed by atoms with Crippen molar-refractivity contribution in [3.8, 4) is 0 Å². The molecule has 2 aliphatic rings. The van der Waals surface area contributed by atoms with Crippen LogP contribution in [-0.2, 0) is 4.79 Å². The van der Waals surface area contributed by atoms with Crippen LogP contribution in [0.1, 0.15) is 12.8 Å². The van der Waals surface area contributed by atoms with Gasteiger partial charge in [0.05, 0.1) is 6.04 Å². The van der Waals surface area contributed by atoms with Crippen molar-refractivity contribution in [2.24, 2.45) is 5.92 Å². The first-order valence-corrected chi connectivity index (χ1v) is 5.78. The lowest BCUT2D eigenvalue weighted by molar-refractivity contribution is -0.136. The Bertz CT molecular complexity index is 383. The maximum Gasteiger partial charge on any atom is 0.225 e. The van der Waals surface area contributed by atoms with E-state index in [4.69, 9.17) is 0 Å². The predicted octanol–water partition coefficient (Wildman–Crippen LogP) is 1.11. The Labute approximate surface area is 94.7 Å². The van der Waals surface area contributed by atoms with Crippen LogP contribution in [0.4, 0.5) is 5.69 Å². The fourth-order valence-corrected chi connectivity index (χ4v) is 2.02. The van der Waals surface area contributed by atoms with Gasteiger partial charge in [0.1, 0.15) is 0 Å². The smallest absolute Gasteiger partial charge is 0.225 e. The molecule has 1 aromatic heterocycles. The lowest BCUT2D eigenvalue weighted by Gasteiger charge is -2.40. The van der Waals surface area contributed by atoms with E-state index < -0.39 is 0 Å². The summed E-state index contributed by atoms with van der Waals surface area (Å²) in [7, 11) is 0. The van der Waals surface area contributed by atoms with E-state index in [0.717, 1.165) is 31.6 Å². The summed E-state index contributed by atoms with van der Waals surface area (Å²) in [5, 5.41) is 3.39. The van der Waals surface area contributed by atoms with Crippen LogP contribution in [0.25, 0.3) is 0 Å². The Kier molecular flexibility index (Phi) is 2.27. The second kappa shape index (κ2) is 3.77. The van der Waals surface area contributed by atoms with Crippen molar-refractivity contribution in [1.82, 2.24) is 9.88 Å². The fraction of sp³-hybridized carbons (Fsp3) is 0.500. The number of amides is 1. The summed E-state index contributed by atoms with van der Waals surface area (Å²) in [6.45, 7) is 1.69. The summed E-state index contributed by atoms with van der Waals surface area (Å²) in [6, 6.07) is 4.31. The third-order valence-corrected chi connectivity index (χ3v) is 3.17. The second-order valence-electron chi connectivity index (χ2n) is 4.59. The SMILES string of the molecule is O=C(C1CC1)N1CC(Nc2ccncc2)C1. The molecule has 0 spiro atoms. The number of rotatable bonds is 3. The number of pyridine rings is 1. The first kappa shape index (κ1) is 9.63. The molecule has 0 radical (unpaired) electrons. The third kappa shape index (κ3) is 1.87. The van der Waals surface area contributed by atoms with Crippen LogP contribution in [0.5, 0.6) is 0 Å².